The van der Waals surface area contributed by atoms with Crippen LogP contribution in [0.5, 0.6) is 0 Å². The van der Waals surface area contributed by atoms with Gasteiger partial charge in [0.15, 0.2) is 0 Å². The lowest BCUT2D eigenvalue weighted by molar-refractivity contribution is -0.123. The number of rotatable bonds is 3. The minimum absolute atomic E-state index is 0.323. The second-order valence-electron chi connectivity index (χ2n) is 4.87. The van der Waals surface area contributed by atoms with Crippen molar-refractivity contribution in [2.24, 2.45) is 11.7 Å². The third kappa shape index (κ3) is 2.57. The largest absolute Gasteiger partial charge is 0.422 e. The number of pyridine rings is 1. The van der Waals surface area contributed by atoms with Crippen LogP contribution in [-0.2, 0) is 9.53 Å². The van der Waals surface area contributed by atoms with E-state index >= 15 is 0 Å². The number of nitrogens with two attached hydrogens (primary N) is 1. The van der Waals surface area contributed by atoms with E-state index in [0.717, 1.165) is 0 Å². The van der Waals surface area contributed by atoms with Crippen molar-refractivity contribution >= 4 is 5.91 Å². The summed E-state index contributed by atoms with van der Waals surface area (Å²) in [5.74, 6) is -0.532. The van der Waals surface area contributed by atoms with Gasteiger partial charge in [-0.1, -0.05) is 0 Å². The molecule has 1 fully saturated rings. The summed E-state index contributed by atoms with van der Waals surface area (Å²) in [5, 5.41) is 0. The van der Waals surface area contributed by atoms with Gasteiger partial charge >= 0.3 is 5.63 Å². The molecule has 2 aromatic heterocycles. The molecule has 0 radical (unpaired) electrons. The van der Waals surface area contributed by atoms with Gasteiger partial charge in [0.2, 0.25) is 5.91 Å². The maximum absolute atomic E-state index is 12.1. The average molecular weight is 286 g/mol. The van der Waals surface area contributed by atoms with E-state index in [9.17, 15) is 9.59 Å². The van der Waals surface area contributed by atoms with E-state index in [2.05, 4.69) is 4.98 Å². The highest BCUT2D eigenvalue weighted by Gasteiger charge is 2.35. The molecule has 0 aliphatic carbocycles. The molecule has 1 aliphatic heterocycles. The van der Waals surface area contributed by atoms with Crippen molar-refractivity contribution in [1.29, 1.82) is 0 Å². The molecule has 2 unspecified atom stereocenters. The Hall–Kier alpha value is -2.47. The van der Waals surface area contributed by atoms with Crippen LogP contribution in [0.25, 0.3) is 11.3 Å². The summed E-state index contributed by atoms with van der Waals surface area (Å²) in [6.45, 7) is 0.405. The predicted molar refractivity (Wildman–Crippen MR) is 74.2 cm³/mol. The molecule has 108 valence electrons. The maximum atomic E-state index is 12.1. The summed E-state index contributed by atoms with van der Waals surface area (Å²) in [6, 6.07) is 6.85. The van der Waals surface area contributed by atoms with Crippen LogP contribution in [0, 0.1) is 5.92 Å². The third-order valence-corrected chi connectivity index (χ3v) is 3.56. The van der Waals surface area contributed by atoms with Crippen molar-refractivity contribution in [2.45, 2.75) is 12.5 Å². The first-order valence-electron chi connectivity index (χ1n) is 6.62. The Morgan fingerprint density at radius 2 is 2.19 bits per heavy atom. The molecule has 21 heavy (non-hydrogen) atoms. The first kappa shape index (κ1) is 13.5. The normalized spacial score (nSPS) is 21.3. The predicted octanol–water partition coefficient (Wildman–Crippen LogP) is 1.26. The molecule has 1 saturated heterocycles. The van der Waals surface area contributed by atoms with Crippen molar-refractivity contribution < 1.29 is 13.9 Å². The van der Waals surface area contributed by atoms with Gasteiger partial charge in [-0.25, -0.2) is 4.79 Å². The number of ether oxygens (including phenoxy) is 1. The number of carbonyl (C=O) groups is 1. The zero-order valence-corrected chi connectivity index (χ0v) is 11.2. The molecule has 2 N–H and O–H groups in total. The minimum Gasteiger partial charge on any atom is -0.422 e. The number of aromatic nitrogens is 1. The summed E-state index contributed by atoms with van der Waals surface area (Å²) in [7, 11) is 0. The van der Waals surface area contributed by atoms with Crippen LogP contribution in [0.4, 0.5) is 0 Å². The zero-order chi connectivity index (χ0) is 14.8. The summed E-state index contributed by atoms with van der Waals surface area (Å²) >= 11 is 0. The monoisotopic (exact) mass is 286 g/mol. The molecule has 3 heterocycles. The van der Waals surface area contributed by atoms with Crippen molar-refractivity contribution in [3.63, 3.8) is 0 Å². The number of nitrogens with zero attached hydrogens (tertiary/aromatic N) is 1. The van der Waals surface area contributed by atoms with Crippen LogP contribution >= 0.6 is 0 Å². The molecule has 0 aromatic carbocycles. The Morgan fingerprint density at radius 1 is 1.33 bits per heavy atom. The van der Waals surface area contributed by atoms with Gasteiger partial charge in [0.25, 0.3) is 0 Å². The molecule has 1 amide bonds. The lowest BCUT2D eigenvalue weighted by Crippen LogP contribution is -2.28. The third-order valence-electron chi connectivity index (χ3n) is 3.56. The van der Waals surface area contributed by atoms with E-state index in [0.29, 0.717) is 29.9 Å². The SMILES string of the molecule is NC(=O)C1CCOC1c1ccc(-c2cccnc2)oc1=O. The highest BCUT2D eigenvalue weighted by molar-refractivity contribution is 5.77. The molecule has 6 heteroatoms. The summed E-state index contributed by atoms with van der Waals surface area (Å²) < 4.78 is 10.8. The quantitative estimate of drug-likeness (QED) is 0.916. The molecular weight excluding hydrogens is 272 g/mol. The fourth-order valence-corrected chi connectivity index (χ4v) is 2.49. The second kappa shape index (κ2) is 5.49. The fourth-order valence-electron chi connectivity index (χ4n) is 2.49. The van der Waals surface area contributed by atoms with E-state index in [1.54, 1.807) is 36.7 Å². The summed E-state index contributed by atoms with van der Waals surface area (Å²) in [4.78, 5) is 27.5. The Balaban J connectivity index is 1.96. The van der Waals surface area contributed by atoms with Crippen molar-refractivity contribution in [1.82, 2.24) is 4.98 Å². The van der Waals surface area contributed by atoms with Gasteiger partial charge in [-0.05, 0) is 30.7 Å². The maximum Gasteiger partial charge on any atom is 0.342 e. The molecule has 6 nitrogen and oxygen atoms in total. The first-order chi connectivity index (χ1) is 10.2. The molecule has 2 atom stereocenters. The number of hydrogen-bond acceptors (Lipinski definition) is 5. The van der Waals surface area contributed by atoms with Crippen molar-refractivity contribution in [2.75, 3.05) is 6.61 Å². The topological polar surface area (TPSA) is 95.4 Å². The van der Waals surface area contributed by atoms with Gasteiger partial charge in [0, 0.05) is 24.6 Å². The van der Waals surface area contributed by atoms with E-state index in [1.807, 2.05) is 0 Å². The van der Waals surface area contributed by atoms with E-state index in [1.165, 1.54) is 0 Å². The highest BCUT2D eigenvalue weighted by atomic mass is 16.5. The Morgan fingerprint density at radius 3 is 2.86 bits per heavy atom. The van der Waals surface area contributed by atoms with Crippen LogP contribution < -0.4 is 11.4 Å². The van der Waals surface area contributed by atoms with Gasteiger partial charge in [0.05, 0.1) is 11.5 Å². The van der Waals surface area contributed by atoms with Crippen LogP contribution in [0.3, 0.4) is 0 Å². The number of primary amides is 1. The second-order valence-corrected chi connectivity index (χ2v) is 4.87. The Labute approximate surface area is 120 Å². The van der Waals surface area contributed by atoms with Gasteiger partial charge in [-0.15, -0.1) is 0 Å². The molecule has 0 saturated carbocycles. The average Bonchev–Trinajstić information content (AvgIpc) is 2.97. The fraction of sp³-hybridized carbons (Fsp3) is 0.267. The van der Waals surface area contributed by atoms with E-state index in [-0.39, 0.29) is 0 Å². The standard InChI is InChI=1S/C15H14N2O4/c16-14(18)10-5-7-20-13(10)11-3-4-12(21-15(11)19)9-2-1-6-17-8-9/h1-4,6,8,10,13H,5,7H2,(H2,16,18). The van der Waals surface area contributed by atoms with E-state index < -0.39 is 23.6 Å². The molecule has 2 aromatic rings. The number of hydrogen-bond donors (Lipinski definition) is 1. The van der Waals surface area contributed by atoms with Crippen LogP contribution in [0.1, 0.15) is 18.1 Å². The highest BCUT2D eigenvalue weighted by Crippen LogP contribution is 2.33. The lowest BCUT2D eigenvalue weighted by atomic mass is 9.96. The lowest BCUT2D eigenvalue weighted by Gasteiger charge is -2.14. The smallest absolute Gasteiger partial charge is 0.342 e. The number of amides is 1. The van der Waals surface area contributed by atoms with Crippen LogP contribution in [-0.4, -0.2) is 17.5 Å². The molecule has 0 spiro atoms. The molecule has 0 bridgehead atoms. The zero-order valence-electron chi connectivity index (χ0n) is 11.2. The number of carbonyl (C=O) groups excluding carboxylic acids is 1. The molecular formula is C15H14N2O4. The Bertz CT molecular complexity index is 711. The first-order valence-corrected chi connectivity index (χ1v) is 6.62. The van der Waals surface area contributed by atoms with Gasteiger partial charge < -0.3 is 14.9 Å². The van der Waals surface area contributed by atoms with Crippen LogP contribution in [0.2, 0.25) is 0 Å². The van der Waals surface area contributed by atoms with Crippen LogP contribution in [0.15, 0.2) is 45.9 Å². The minimum atomic E-state index is -0.623. The summed E-state index contributed by atoms with van der Waals surface area (Å²) in [6.07, 6.45) is 3.14. The molecule has 3 rings (SSSR count). The van der Waals surface area contributed by atoms with Crippen molar-refractivity contribution in [3.8, 4) is 11.3 Å². The molecule has 1 aliphatic rings. The van der Waals surface area contributed by atoms with Gasteiger partial charge in [-0.3, -0.25) is 9.78 Å². The van der Waals surface area contributed by atoms with E-state index in [4.69, 9.17) is 14.9 Å². The van der Waals surface area contributed by atoms with Gasteiger partial charge in [0.1, 0.15) is 11.9 Å². The Kier molecular flexibility index (Phi) is 3.53. The van der Waals surface area contributed by atoms with Gasteiger partial charge in [-0.2, -0.15) is 0 Å². The van der Waals surface area contributed by atoms with Crippen molar-refractivity contribution in [3.05, 3.63) is 52.6 Å². The summed E-state index contributed by atoms with van der Waals surface area (Å²) in [5.41, 5.74) is 5.85.